The number of benzene rings is 2. The molecule has 127 heavy (non-hydrogen) atoms. The van der Waals surface area contributed by atoms with Gasteiger partial charge in [0.15, 0.2) is 11.5 Å². The Morgan fingerprint density at radius 1 is 0.520 bits per heavy atom. The number of rotatable bonds is 59. The lowest BCUT2D eigenvalue weighted by atomic mass is 10.1. The van der Waals surface area contributed by atoms with E-state index in [1.54, 1.807) is 60.8 Å². The fourth-order valence-electron chi connectivity index (χ4n) is 14.7. The van der Waals surface area contributed by atoms with Crippen molar-refractivity contribution in [2.75, 3.05) is 136 Å². The number of para-hydroxylation sites is 1. The largest absolute Gasteiger partial charge is 0.368 e. The second-order valence-electron chi connectivity index (χ2n) is 33.1. The first-order chi connectivity index (χ1) is 61.2. The second-order valence-corrected chi connectivity index (χ2v) is 33.1. The van der Waals surface area contributed by atoms with Crippen molar-refractivity contribution in [3.63, 3.8) is 0 Å². The number of fused-ring (bicyclic) bond motifs is 2. The van der Waals surface area contributed by atoms with Crippen molar-refractivity contribution in [2.45, 2.75) is 169 Å². The van der Waals surface area contributed by atoms with Gasteiger partial charge in [-0.1, -0.05) is 87.9 Å². The number of amides is 11. The van der Waals surface area contributed by atoms with Crippen LogP contribution in [0, 0.1) is 18.8 Å². The number of primary amides is 1. The molecule has 37 nitrogen and oxygen atoms in total. The van der Waals surface area contributed by atoms with E-state index in [1.807, 2.05) is 95.4 Å². The summed E-state index contributed by atoms with van der Waals surface area (Å²) < 4.78 is 1.59. The van der Waals surface area contributed by atoms with Gasteiger partial charge in [-0.15, -0.1) is 5.10 Å². The van der Waals surface area contributed by atoms with Gasteiger partial charge in [-0.25, -0.2) is 15.0 Å². The molecule has 0 aliphatic heterocycles. The van der Waals surface area contributed by atoms with Crippen LogP contribution in [0.5, 0.6) is 0 Å². The molecule has 8 aromatic rings. The van der Waals surface area contributed by atoms with E-state index in [0.29, 0.717) is 161 Å². The van der Waals surface area contributed by atoms with Crippen LogP contribution < -0.4 is 44.6 Å². The van der Waals surface area contributed by atoms with Gasteiger partial charge in [0.1, 0.15) is 24.1 Å². The number of hydrogen-bond donors (Lipinski definition) is 10. The number of unbranched alkanes of at least 4 members (excludes halogenated alkanes) is 7. The van der Waals surface area contributed by atoms with Crippen LogP contribution >= 0.6 is 0 Å². The SMILES string of the molecule is Cc1ccnc(-c2cc(C(=O)NCCCCn3cc(CN(CC(N)=O)C(=O)CN(CCCCN)C(=O)CN(CCCCN)C(=O)CN(C(=O)CN(CC(C)C)C(=O)CN(CC(C)C)C(=O)CN(CCc4c[nH]c5ccccc45)C(=O)CN(CCCCN)C(=O)C(N)CCCCNC(=O)CCCCCNc4ncnc5[nH]cnc45)C(C)c4ccccc4)nn3)ccn2)c1. The van der Waals surface area contributed by atoms with Crippen molar-refractivity contribution in [1.29, 1.82) is 0 Å². The molecule has 0 aliphatic rings. The van der Waals surface area contributed by atoms with Crippen molar-refractivity contribution in [1.82, 2.24) is 99.7 Å². The van der Waals surface area contributed by atoms with E-state index in [4.69, 9.17) is 28.7 Å². The van der Waals surface area contributed by atoms with Gasteiger partial charge >= 0.3 is 0 Å². The first-order valence-corrected chi connectivity index (χ1v) is 44.4. The molecule has 688 valence electrons. The summed E-state index contributed by atoms with van der Waals surface area (Å²) in [5.74, 6) is -5.49. The number of nitrogens with zero attached hydrogens (tertiary/aromatic N) is 16. The fraction of sp³-hybridized carbons (Fsp3) is 0.533. The molecule has 11 amide bonds. The van der Waals surface area contributed by atoms with Crippen LogP contribution in [0.2, 0.25) is 0 Å². The number of imidazole rings is 1. The van der Waals surface area contributed by atoms with E-state index in [9.17, 15) is 28.8 Å². The number of aromatic nitrogens is 10. The standard InChI is InChI=1S/C90H132N26O11/c1-64(2)50-112(81(121)57-110(46-33-70-49-101-74-29-13-12-27-72(70)74)80(120)58-111(44-23-17-36-93)90(127)73(94)28-14-19-37-98-78(118)30-11-8-18-38-99-87-86-88(103-62-102-86)105-63-104-87)59-83(123)113(51-65(3)4)60-85(125)116(67(6)68-25-9-7-10-26-68)61-84(124)109(43-22-16-35-92)55-79(119)108(42-21-15-34-91)56-82(122)114(54-77(95)117)52-71-53-115(107-106-71)45-24-20-39-100-89(126)69-32-41-97-76(48-69)75-47-66(5)31-40-96-75/h7,9-10,12-13,25-27,29,31-32,40-41,47-49,53,62-65,67,73,101H,8,11,14-24,28,30,33-39,42-46,50-52,54-61,91-94H2,1-6H3,(H2,95,117)(H,98,118)(H,100,126)(H2,99,102,103,104,105). The molecule has 0 spiro atoms. The van der Waals surface area contributed by atoms with Crippen LogP contribution in [-0.4, -0.2) is 291 Å². The van der Waals surface area contributed by atoms with Crippen LogP contribution in [0.15, 0.2) is 116 Å². The molecule has 37 heteroatoms. The van der Waals surface area contributed by atoms with Crippen LogP contribution in [0.4, 0.5) is 5.82 Å². The van der Waals surface area contributed by atoms with Gasteiger partial charge in [-0.3, -0.25) is 67.4 Å². The highest BCUT2D eigenvalue weighted by atomic mass is 16.2. The highest BCUT2D eigenvalue weighted by Gasteiger charge is 2.35. The lowest BCUT2D eigenvalue weighted by Gasteiger charge is -2.35. The number of H-pyrrole nitrogens is 2. The Labute approximate surface area is 743 Å². The van der Waals surface area contributed by atoms with Crippen LogP contribution in [-0.2, 0) is 67.5 Å². The topological polar surface area (TPSA) is 507 Å². The Morgan fingerprint density at radius 3 is 1.74 bits per heavy atom. The second kappa shape index (κ2) is 53.3. The molecule has 6 aromatic heterocycles. The summed E-state index contributed by atoms with van der Waals surface area (Å²) in [5.41, 5.74) is 37.0. The van der Waals surface area contributed by atoms with E-state index in [2.05, 4.69) is 61.2 Å². The lowest BCUT2D eigenvalue weighted by Crippen LogP contribution is -2.54. The highest BCUT2D eigenvalue weighted by molar-refractivity contribution is 5.96. The molecule has 0 radical (unpaired) electrons. The first kappa shape index (κ1) is 100. The molecule has 0 fully saturated rings. The predicted molar refractivity (Wildman–Crippen MR) is 484 cm³/mol. The maximum Gasteiger partial charge on any atom is 0.251 e. The summed E-state index contributed by atoms with van der Waals surface area (Å²) >= 11 is 0. The average Bonchev–Trinajstić information content (AvgIpc) is 1.71. The summed E-state index contributed by atoms with van der Waals surface area (Å²) in [6, 6.07) is 22.1. The minimum absolute atomic E-state index is 0.0331. The van der Waals surface area contributed by atoms with Gasteiger partial charge in [0.2, 0.25) is 59.1 Å². The number of carbonyl (C=O) groups excluding carboxylic acids is 11. The summed E-state index contributed by atoms with van der Waals surface area (Å²) in [5, 5.41) is 18.6. The summed E-state index contributed by atoms with van der Waals surface area (Å²) in [4.78, 5) is 197. The number of pyridine rings is 2. The monoisotopic (exact) mass is 1750 g/mol. The van der Waals surface area contributed by atoms with Crippen molar-refractivity contribution < 1.29 is 52.7 Å². The number of nitrogens with one attached hydrogen (secondary N) is 5. The number of aryl methyl sites for hydroxylation is 2. The highest BCUT2D eigenvalue weighted by Crippen LogP contribution is 2.25. The minimum atomic E-state index is -0.982. The summed E-state index contributed by atoms with van der Waals surface area (Å²) in [6.45, 7) is 10.2. The van der Waals surface area contributed by atoms with Crippen LogP contribution in [0.1, 0.15) is 170 Å². The zero-order valence-corrected chi connectivity index (χ0v) is 74.7. The Bertz CT molecular complexity index is 4830. The van der Waals surface area contributed by atoms with Gasteiger partial charge in [-0.2, -0.15) is 0 Å². The van der Waals surface area contributed by atoms with Gasteiger partial charge in [0.25, 0.3) is 5.91 Å². The van der Waals surface area contributed by atoms with Crippen molar-refractivity contribution in [3.8, 4) is 11.4 Å². The Hall–Kier alpha value is -12.2. The Kier molecular flexibility index (Phi) is 42.0. The maximum absolute atomic E-state index is 15.4. The molecule has 0 saturated heterocycles. The molecule has 15 N–H and O–H groups in total. The van der Waals surface area contributed by atoms with Gasteiger partial charge in [0.05, 0.1) is 88.4 Å². The number of nitrogens with two attached hydrogens (primary N) is 5. The zero-order chi connectivity index (χ0) is 91.6. The molecule has 0 aliphatic carbocycles. The molecular formula is C90H132N26O11. The van der Waals surface area contributed by atoms with Crippen LogP contribution in [0.25, 0.3) is 33.5 Å². The van der Waals surface area contributed by atoms with Crippen LogP contribution in [0.3, 0.4) is 0 Å². The maximum atomic E-state index is 15.4. The molecule has 2 aromatic carbocycles. The fourth-order valence-corrected chi connectivity index (χ4v) is 14.7. The molecule has 8 rings (SSSR count). The smallest absolute Gasteiger partial charge is 0.251 e. The molecule has 6 heterocycles. The van der Waals surface area contributed by atoms with E-state index in [1.165, 1.54) is 45.5 Å². The Balaban J connectivity index is 0.912. The number of aromatic amines is 2. The lowest BCUT2D eigenvalue weighted by molar-refractivity contribution is -0.150. The van der Waals surface area contributed by atoms with E-state index >= 15 is 24.0 Å². The Morgan fingerprint density at radius 2 is 1.09 bits per heavy atom. The van der Waals surface area contributed by atoms with Crippen molar-refractivity contribution in [2.24, 2.45) is 40.5 Å². The van der Waals surface area contributed by atoms with Gasteiger partial charge in [-0.05, 0) is 182 Å². The average molecular weight is 1750 g/mol. The van der Waals surface area contributed by atoms with E-state index in [-0.39, 0.29) is 89.0 Å². The third-order valence-corrected chi connectivity index (χ3v) is 21.7. The van der Waals surface area contributed by atoms with E-state index in [0.717, 1.165) is 34.9 Å². The van der Waals surface area contributed by atoms with Crippen molar-refractivity contribution >= 4 is 92.9 Å². The predicted octanol–water partition coefficient (Wildman–Crippen LogP) is 4.83. The normalized spacial score (nSPS) is 11.8. The summed E-state index contributed by atoms with van der Waals surface area (Å²) in [7, 11) is 0. The summed E-state index contributed by atoms with van der Waals surface area (Å²) in [6.07, 6.45) is 18.1. The minimum Gasteiger partial charge on any atom is -0.368 e. The number of carbonyl (C=O) groups is 11. The quantitative estimate of drug-likeness (QED) is 0.0228. The van der Waals surface area contributed by atoms with Crippen molar-refractivity contribution in [3.05, 3.63) is 144 Å². The molecule has 2 atom stereocenters. The van der Waals surface area contributed by atoms with Gasteiger partial charge < -0.3 is 93.8 Å². The zero-order valence-electron chi connectivity index (χ0n) is 74.7. The molecular weight excluding hydrogens is 1620 g/mol. The third kappa shape index (κ3) is 33.6. The van der Waals surface area contributed by atoms with Gasteiger partial charge in [0, 0.05) is 107 Å². The third-order valence-electron chi connectivity index (χ3n) is 21.7. The molecule has 0 bridgehead atoms. The number of anilines is 1. The molecule has 0 saturated carbocycles. The first-order valence-electron chi connectivity index (χ1n) is 44.4. The number of hydrogen-bond acceptors (Lipinski definition) is 23. The molecule has 2 unspecified atom stereocenters. The van der Waals surface area contributed by atoms with E-state index < -0.39 is 118 Å².